The van der Waals surface area contributed by atoms with E-state index in [4.69, 9.17) is 16.3 Å². The van der Waals surface area contributed by atoms with Gasteiger partial charge in [0.25, 0.3) is 0 Å². The number of hydrogen-bond acceptors (Lipinski definition) is 4. The van der Waals surface area contributed by atoms with Gasteiger partial charge in [-0.2, -0.15) is 0 Å². The van der Waals surface area contributed by atoms with Crippen molar-refractivity contribution in [2.75, 3.05) is 11.9 Å². The molecule has 5 heteroatoms. The minimum absolute atomic E-state index is 0.131. The number of nitrogens with one attached hydrogen (secondary N) is 1. The molecule has 2 heterocycles. The van der Waals surface area contributed by atoms with Crippen molar-refractivity contribution >= 4 is 17.4 Å². The lowest BCUT2D eigenvalue weighted by atomic mass is 9.95. The van der Waals surface area contributed by atoms with Gasteiger partial charge in [0.05, 0.1) is 11.6 Å². The highest BCUT2D eigenvalue weighted by atomic mass is 35.5. The van der Waals surface area contributed by atoms with Gasteiger partial charge in [-0.3, -0.25) is 0 Å². The van der Waals surface area contributed by atoms with Crippen LogP contribution in [-0.2, 0) is 4.74 Å². The first-order valence-electron chi connectivity index (χ1n) is 7.07. The third-order valence-electron chi connectivity index (χ3n) is 4.03. The molecule has 3 rings (SSSR count). The zero-order valence-corrected chi connectivity index (χ0v) is 12.9. The van der Waals surface area contributed by atoms with Crippen LogP contribution >= 0.6 is 11.6 Å². The van der Waals surface area contributed by atoms with Gasteiger partial charge in [0.2, 0.25) is 0 Å². The van der Waals surface area contributed by atoms with Crippen LogP contribution < -0.4 is 5.32 Å². The van der Waals surface area contributed by atoms with Crippen LogP contribution in [-0.4, -0.2) is 28.2 Å². The van der Waals surface area contributed by atoms with E-state index < -0.39 is 0 Å². The molecule has 0 radical (unpaired) electrons. The normalized spacial score (nSPS) is 25.0. The van der Waals surface area contributed by atoms with Gasteiger partial charge < -0.3 is 10.1 Å². The second-order valence-corrected chi connectivity index (χ2v) is 5.96. The molecule has 4 nitrogen and oxygen atoms in total. The highest BCUT2D eigenvalue weighted by molar-refractivity contribution is 6.29. The molecule has 2 aromatic rings. The van der Waals surface area contributed by atoms with E-state index in [0.717, 1.165) is 24.4 Å². The Morgan fingerprint density at radius 3 is 2.71 bits per heavy atom. The van der Waals surface area contributed by atoms with Gasteiger partial charge in [0, 0.05) is 18.2 Å². The summed E-state index contributed by atoms with van der Waals surface area (Å²) in [6, 6.07) is 11.6. The number of benzene rings is 1. The lowest BCUT2D eigenvalue weighted by molar-refractivity contribution is 0.105. The number of anilines is 1. The summed E-state index contributed by atoms with van der Waals surface area (Å²) in [6.45, 7) is 4.97. The minimum atomic E-state index is -0.133. The summed E-state index contributed by atoms with van der Waals surface area (Å²) in [5.74, 6) is 1.36. The largest absolute Gasteiger partial charge is 0.376 e. The molecular formula is C16H18ClN3O. The highest BCUT2D eigenvalue weighted by Gasteiger charge is 2.37. The predicted octanol–water partition coefficient (Wildman–Crippen LogP) is 3.78. The zero-order chi connectivity index (χ0) is 14.9. The van der Waals surface area contributed by atoms with Crippen molar-refractivity contribution in [3.63, 3.8) is 0 Å². The number of nitrogens with zero attached hydrogens (tertiary/aromatic N) is 2. The first-order chi connectivity index (χ1) is 10.1. The number of rotatable bonds is 3. The first kappa shape index (κ1) is 14.3. The summed E-state index contributed by atoms with van der Waals surface area (Å²) < 4.78 is 5.65. The Labute approximate surface area is 129 Å². The fourth-order valence-corrected chi connectivity index (χ4v) is 2.67. The van der Waals surface area contributed by atoms with Gasteiger partial charge in [-0.05, 0) is 20.3 Å². The zero-order valence-electron chi connectivity index (χ0n) is 12.1. The van der Waals surface area contributed by atoms with E-state index in [0.29, 0.717) is 11.0 Å². The number of ether oxygens (including phenoxy) is 1. The minimum Gasteiger partial charge on any atom is -0.376 e. The number of hydrogen-bond donors (Lipinski definition) is 1. The van der Waals surface area contributed by atoms with E-state index in [1.54, 1.807) is 6.07 Å². The fourth-order valence-electron chi connectivity index (χ4n) is 2.49. The van der Waals surface area contributed by atoms with E-state index >= 15 is 0 Å². The molecule has 1 saturated heterocycles. The van der Waals surface area contributed by atoms with Crippen LogP contribution in [0.1, 0.15) is 20.3 Å². The molecule has 1 fully saturated rings. The molecule has 0 amide bonds. The van der Waals surface area contributed by atoms with Crippen molar-refractivity contribution in [3.05, 3.63) is 41.6 Å². The summed E-state index contributed by atoms with van der Waals surface area (Å²) >= 11 is 6.14. The SMILES string of the molecule is CC1OCCC1(C)Nc1cc(Cl)nc(-c2ccccc2)n1. The Morgan fingerprint density at radius 1 is 1.29 bits per heavy atom. The summed E-state index contributed by atoms with van der Waals surface area (Å²) in [7, 11) is 0. The van der Waals surface area contributed by atoms with Crippen LogP contribution in [0, 0.1) is 0 Å². The van der Waals surface area contributed by atoms with Gasteiger partial charge in [0.1, 0.15) is 11.0 Å². The fraction of sp³-hybridized carbons (Fsp3) is 0.375. The van der Waals surface area contributed by atoms with Crippen molar-refractivity contribution in [3.8, 4) is 11.4 Å². The topological polar surface area (TPSA) is 47.0 Å². The van der Waals surface area contributed by atoms with E-state index in [1.807, 2.05) is 30.3 Å². The van der Waals surface area contributed by atoms with Crippen molar-refractivity contribution in [1.29, 1.82) is 0 Å². The number of aromatic nitrogens is 2. The third kappa shape index (κ3) is 3.01. The average Bonchev–Trinajstić information content (AvgIpc) is 2.78. The molecule has 110 valence electrons. The van der Waals surface area contributed by atoms with Crippen molar-refractivity contribution in [1.82, 2.24) is 9.97 Å². The van der Waals surface area contributed by atoms with E-state index in [1.165, 1.54) is 0 Å². The number of halogens is 1. The smallest absolute Gasteiger partial charge is 0.163 e. The van der Waals surface area contributed by atoms with Gasteiger partial charge in [-0.15, -0.1) is 0 Å². The first-order valence-corrected chi connectivity index (χ1v) is 7.44. The van der Waals surface area contributed by atoms with Crippen molar-refractivity contribution < 1.29 is 4.74 Å². The monoisotopic (exact) mass is 303 g/mol. The van der Waals surface area contributed by atoms with Crippen LogP contribution in [0.4, 0.5) is 5.82 Å². The van der Waals surface area contributed by atoms with Gasteiger partial charge in [-0.1, -0.05) is 41.9 Å². The van der Waals surface area contributed by atoms with E-state index in [2.05, 4.69) is 29.1 Å². The van der Waals surface area contributed by atoms with E-state index in [-0.39, 0.29) is 11.6 Å². The van der Waals surface area contributed by atoms with Gasteiger partial charge in [0.15, 0.2) is 5.82 Å². The van der Waals surface area contributed by atoms with Gasteiger partial charge >= 0.3 is 0 Å². The molecule has 2 unspecified atom stereocenters. The summed E-state index contributed by atoms with van der Waals surface area (Å²) in [5.41, 5.74) is 0.815. The van der Waals surface area contributed by atoms with Crippen LogP contribution in [0.5, 0.6) is 0 Å². The molecule has 1 aromatic heterocycles. The summed E-state index contributed by atoms with van der Waals surface area (Å²) in [4.78, 5) is 8.89. The molecular weight excluding hydrogens is 286 g/mol. The Bertz CT molecular complexity index is 635. The lowest BCUT2D eigenvalue weighted by Gasteiger charge is -2.29. The quantitative estimate of drug-likeness (QED) is 0.877. The third-order valence-corrected chi connectivity index (χ3v) is 4.22. The molecule has 1 N–H and O–H groups in total. The maximum atomic E-state index is 6.14. The second kappa shape index (κ2) is 5.62. The predicted molar refractivity (Wildman–Crippen MR) is 84.5 cm³/mol. The van der Waals surface area contributed by atoms with Crippen LogP contribution in [0.2, 0.25) is 5.15 Å². The Morgan fingerprint density at radius 2 is 2.05 bits per heavy atom. The van der Waals surface area contributed by atoms with Crippen LogP contribution in [0.3, 0.4) is 0 Å². The standard InChI is InChI=1S/C16H18ClN3O/c1-11-16(2,8-9-21-11)20-14-10-13(17)18-15(19-14)12-6-4-3-5-7-12/h3-7,10-11H,8-9H2,1-2H3,(H,18,19,20). The lowest BCUT2D eigenvalue weighted by Crippen LogP contribution is -2.41. The molecule has 1 aromatic carbocycles. The maximum absolute atomic E-state index is 6.14. The Kier molecular flexibility index (Phi) is 3.83. The summed E-state index contributed by atoms with van der Waals surface area (Å²) in [6.07, 6.45) is 1.07. The molecule has 0 spiro atoms. The molecule has 1 aliphatic heterocycles. The molecule has 0 aliphatic carbocycles. The maximum Gasteiger partial charge on any atom is 0.163 e. The average molecular weight is 304 g/mol. The van der Waals surface area contributed by atoms with Crippen LogP contribution in [0.25, 0.3) is 11.4 Å². The van der Waals surface area contributed by atoms with Gasteiger partial charge in [-0.25, -0.2) is 9.97 Å². The molecule has 1 aliphatic rings. The van der Waals surface area contributed by atoms with Crippen molar-refractivity contribution in [2.45, 2.75) is 31.9 Å². The molecule has 0 bridgehead atoms. The Hall–Kier alpha value is -1.65. The van der Waals surface area contributed by atoms with Crippen molar-refractivity contribution in [2.24, 2.45) is 0 Å². The highest BCUT2D eigenvalue weighted by Crippen LogP contribution is 2.30. The molecule has 0 saturated carbocycles. The van der Waals surface area contributed by atoms with Crippen LogP contribution in [0.15, 0.2) is 36.4 Å². The second-order valence-electron chi connectivity index (χ2n) is 5.57. The molecule has 21 heavy (non-hydrogen) atoms. The van der Waals surface area contributed by atoms with E-state index in [9.17, 15) is 0 Å². The molecule has 2 atom stereocenters. The summed E-state index contributed by atoms with van der Waals surface area (Å²) in [5, 5.41) is 3.89. The Balaban J connectivity index is 1.92.